The zero-order valence-electron chi connectivity index (χ0n) is 19.7. The summed E-state index contributed by atoms with van der Waals surface area (Å²) in [5, 5.41) is 4.44. The summed E-state index contributed by atoms with van der Waals surface area (Å²) < 4.78 is -0.0301. The average Bonchev–Trinajstić information content (AvgIpc) is 2.92. The molecule has 0 aliphatic heterocycles. The van der Waals surface area contributed by atoms with Gasteiger partial charge in [0.05, 0.1) is 0 Å². The Bertz CT molecular complexity index is 1090. The third-order valence-electron chi connectivity index (χ3n) is 7.24. The van der Waals surface area contributed by atoms with E-state index in [-0.39, 0.29) is 40.6 Å². The van der Waals surface area contributed by atoms with Gasteiger partial charge in [0, 0.05) is 0 Å². The second-order valence-corrected chi connectivity index (χ2v) is 14.5. The van der Waals surface area contributed by atoms with Gasteiger partial charge in [0.2, 0.25) is 0 Å². The molecule has 0 atom stereocenters. The first-order valence-corrected chi connectivity index (χ1v) is 13.4. The topological polar surface area (TPSA) is 0 Å². The summed E-state index contributed by atoms with van der Waals surface area (Å²) >= 11 is 2.52. The van der Waals surface area contributed by atoms with E-state index in [4.69, 9.17) is 0 Å². The summed E-state index contributed by atoms with van der Waals surface area (Å²) in [5.41, 5.74) is 7.31. The molecule has 0 N–H and O–H groups in total. The van der Waals surface area contributed by atoms with E-state index in [1.807, 2.05) is 0 Å². The number of rotatable bonds is 4. The van der Waals surface area contributed by atoms with E-state index in [2.05, 4.69) is 140 Å². The molecule has 1 aliphatic rings. The summed E-state index contributed by atoms with van der Waals surface area (Å²) in [4.78, 5) is 0. The molecule has 0 saturated heterocycles. The third-order valence-corrected chi connectivity index (χ3v) is 15.6. The molecule has 0 saturated carbocycles. The molecule has 170 valence electrons. The molecule has 3 aromatic carbocycles. The molecule has 0 nitrogen and oxygen atoms in total. The van der Waals surface area contributed by atoms with Crippen LogP contribution in [-0.4, -0.2) is 8.07 Å². The van der Waals surface area contributed by atoms with Crippen molar-refractivity contribution in [1.29, 1.82) is 0 Å². The Labute approximate surface area is 230 Å². The Kier molecular flexibility index (Phi) is 10.5. The van der Waals surface area contributed by atoms with Crippen LogP contribution in [0.15, 0.2) is 107 Å². The van der Waals surface area contributed by atoms with Crippen molar-refractivity contribution in [3.8, 4) is 0 Å². The van der Waals surface area contributed by atoms with Gasteiger partial charge in [-0.2, -0.15) is 0 Å². The maximum absolute atomic E-state index is 2.52. The predicted molar refractivity (Wildman–Crippen MR) is 128 cm³/mol. The van der Waals surface area contributed by atoms with Gasteiger partial charge in [-0.3, -0.25) is 0 Å². The summed E-state index contributed by atoms with van der Waals surface area (Å²) in [5.74, 6) is 0. The van der Waals surface area contributed by atoms with Crippen molar-refractivity contribution in [3.05, 3.63) is 113 Å². The molecule has 0 aromatic heterocycles. The van der Waals surface area contributed by atoms with E-state index in [1.54, 1.807) is 0 Å². The van der Waals surface area contributed by atoms with E-state index in [1.165, 1.54) is 43.4 Å². The molecule has 33 heavy (non-hydrogen) atoms. The zero-order chi connectivity index (χ0) is 21.5. The standard InChI is InChI=1S/C28H29Si.3ClH.Ti/c1-20-13-12-18-27(19-20)29(25-14-8-6-9-15-25,26-16-10-7-11-17-26)28-23(4)21(2)22(3)24(28)5;;;;/h6-19H,1-5H3;3*1H;/q;;;;+3/p-3. The Morgan fingerprint density at radius 1 is 0.545 bits per heavy atom. The van der Waals surface area contributed by atoms with E-state index in [0.717, 1.165) is 0 Å². The molecular formula is C28H29Cl3SiTi. The van der Waals surface area contributed by atoms with Crippen LogP contribution < -0.4 is 52.8 Å². The maximum atomic E-state index is 2.52. The molecule has 0 bridgehead atoms. The molecule has 0 heterocycles. The number of halogens is 3. The molecule has 5 heteroatoms. The van der Waals surface area contributed by atoms with Gasteiger partial charge < -0.3 is 37.2 Å². The van der Waals surface area contributed by atoms with Gasteiger partial charge in [0.15, 0.2) is 0 Å². The Hall–Kier alpha value is -1.06. The van der Waals surface area contributed by atoms with Gasteiger partial charge in [0.1, 0.15) is 0 Å². The van der Waals surface area contributed by atoms with Crippen LogP contribution in [0.4, 0.5) is 0 Å². The van der Waals surface area contributed by atoms with Gasteiger partial charge in [0.25, 0.3) is 0 Å². The summed E-state index contributed by atoms with van der Waals surface area (Å²) in [6.07, 6.45) is 0. The first kappa shape index (κ1) is 30.0. The van der Waals surface area contributed by atoms with E-state index < -0.39 is 8.07 Å². The smallest absolute Gasteiger partial charge is 1.00 e. The molecule has 0 amide bonds. The van der Waals surface area contributed by atoms with Crippen molar-refractivity contribution < 1.29 is 57.7 Å². The van der Waals surface area contributed by atoms with Crippen molar-refractivity contribution in [2.24, 2.45) is 0 Å². The number of hydrogen-bond donors (Lipinski definition) is 0. The molecule has 0 radical (unpaired) electrons. The van der Waals surface area contributed by atoms with Gasteiger partial charge in [-0.15, -0.1) is 0 Å². The van der Waals surface area contributed by atoms with Gasteiger partial charge in [-0.25, -0.2) is 0 Å². The number of hydrogen-bond acceptors (Lipinski definition) is 0. The van der Waals surface area contributed by atoms with E-state index >= 15 is 0 Å². The largest absolute Gasteiger partial charge is 1.00 e. The van der Waals surface area contributed by atoms with Gasteiger partial charge in [-0.1, -0.05) is 0 Å². The molecule has 0 spiro atoms. The van der Waals surface area contributed by atoms with Crippen LogP contribution in [0.1, 0.15) is 33.3 Å². The summed E-state index contributed by atoms with van der Waals surface area (Å²) in [6, 6.07) is 31.9. The molecule has 3 aromatic rings. The van der Waals surface area contributed by atoms with Crippen LogP contribution in [0.3, 0.4) is 0 Å². The summed E-state index contributed by atoms with van der Waals surface area (Å²) in [7, 11) is -2.47. The first-order valence-electron chi connectivity index (χ1n) is 10.6. The van der Waals surface area contributed by atoms with Crippen LogP contribution in [0.2, 0.25) is 3.34 Å². The fourth-order valence-electron chi connectivity index (χ4n) is 5.37. The van der Waals surface area contributed by atoms with Crippen molar-refractivity contribution in [1.82, 2.24) is 0 Å². The van der Waals surface area contributed by atoms with Crippen LogP contribution in [0.25, 0.3) is 0 Å². The van der Waals surface area contributed by atoms with Crippen LogP contribution in [-0.2, 0) is 20.4 Å². The van der Waals surface area contributed by atoms with Crippen molar-refractivity contribution in [2.75, 3.05) is 0 Å². The number of allylic oxidation sites excluding steroid dienone is 4. The molecule has 4 rings (SSSR count). The van der Waals surface area contributed by atoms with E-state index in [0.29, 0.717) is 0 Å². The molecule has 1 aliphatic carbocycles. The Morgan fingerprint density at radius 3 is 1.33 bits per heavy atom. The van der Waals surface area contributed by atoms with Crippen LogP contribution >= 0.6 is 0 Å². The average molecular weight is 548 g/mol. The third kappa shape index (κ3) is 4.49. The minimum absolute atomic E-state index is 0. The van der Waals surface area contributed by atoms with Crippen molar-refractivity contribution in [3.63, 3.8) is 0 Å². The second-order valence-electron chi connectivity index (χ2n) is 8.60. The minimum Gasteiger partial charge on any atom is -1.00 e. The van der Waals surface area contributed by atoms with Crippen molar-refractivity contribution in [2.45, 2.75) is 38.0 Å². The van der Waals surface area contributed by atoms with Gasteiger partial charge in [-0.05, 0) is 0 Å². The molecule has 0 fully saturated rings. The fourth-order valence-corrected chi connectivity index (χ4v) is 14.0. The normalized spacial score (nSPS) is 14.9. The number of benzene rings is 3. The predicted octanol–water partition coefficient (Wildman–Crippen LogP) is -3.59. The fraction of sp³-hybridized carbons (Fsp3) is 0.214. The second kappa shape index (κ2) is 11.6. The maximum Gasteiger partial charge on any atom is -1.00 e. The van der Waals surface area contributed by atoms with E-state index in [9.17, 15) is 0 Å². The minimum atomic E-state index is -2.47. The zero-order valence-corrected chi connectivity index (χ0v) is 24.5. The summed E-state index contributed by atoms with van der Waals surface area (Å²) in [6.45, 7) is 11.6. The number of aryl methyl sites for hydroxylation is 1. The van der Waals surface area contributed by atoms with Crippen LogP contribution in [0, 0.1) is 6.92 Å². The SMILES string of the molecule is CC1=C(C)[C]([Ti+3])([Si](c2ccccc2)(c2ccccc2)c2cccc(C)c2)C(C)=C1C.[Cl-].[Cl-].[Cl-]. The Morgan fingerprint density at radius 2 is 0.939 bits per heavy atom. The first-order chi connectivity index (χ1) is 14.3. The monoisotopic (exact) mass is 546 g/mol. The van der Waals surface area contributed by atoms with Crippen molar-refractivity contribution >= 4 is 23.6 Å². The van der Waals surface area contributed by atoms with Gasteiger partial charge >= 0.3 is 195 Å². The molecular weight excluding hydrogens is 519 g/mol. The Balaban J connectivity index is 0.00000181. The molecule has 0 unspecified atom stereocenters. The quantitative estimate of drug-likeness (QED) is 0.234. The van der Waals surface area contributed by atoms with Crippen LogP contribution in [0.5, 0.6) is 0 Å².